The van der Waals surface area contributed by atoms with E-state index in [2.05, 4.69) is 40.0 Å². The molecule has 1 unspecified atom stereocenters. The number of anilines is 3. The number of carbonyl (C=O) groups excluding carboxylic acids is 1. The van der Waals surface area contributed by atoms with Crippen LogP contribution in [0.25, 0.3) is 22.3 Å². The van der Waals surface area contributed by atoms with Gasteiger partial charge in [-0.25, -0.2) is 19.9 Å². The topological polar surface area (TPSA) is 115 Å². The number of piperazine rings is 1. The van der Waals surface area contributed by atoms with Gasteiger partial charge in [-0.2, -0.15) is 13.2 Å². The van der Waals surface area contributed by atoms with E-state index >= 15 is 0 Å². The Morgan fingerprint density at radius 1 is 1.02 bits per heavy atom. The lowest BCUT2D eigenvalue weighted by Crippen LogP contribution is -2.50. The van der Waals surface area contributed by atoms with Crippen LogP contribution < -0.4 is 10.2 Å². The third-order valence-electron chi connectivity index (χ3n) is 7.84. The van der Waals surface area contributed by atoms with Gasteiger partial charge in [0.1, 0.15) is 24.4 Å². The molecule has 11 nitrogen and oxygen atoms in total. The zero-order chi connectivity index (χ0) is 30.0. The number of nitrogens with zero attached hydrogens (tertiary/aromatic N) is 7. The molecule has 2 aliphatic heterocycles. The Kier molecular flexibility index (Phi) is 8.13. The summed E-state index contributed by atoms with van der Waals surface area (Å²) in [5.41, 5.74) is 4.38. The average Bonchev–Trinajstić information content (AvgIpc) is 3.42. The van der Waals surface area contributed by atoms with Crippen molar-refractivity contribution >= 4 is 34.5 Å². The monoisotopic (exact) mass is 595 g/mol. The molecule has 0 saturated carbocycles. The Balaban J connectivity index is 1.11. The fraction of sp³-hybridized carbons (Fsp3) is 0.414. The molecule has 6 rings (SSSR count). The van der Waals surface area contributed by atoms with Crippen LogP contribution in [0.5, 0.6) is 0 Å². The van der Waals surface area contributed by atoms with E-state index in [4.69, 9.17) is 4.74 Å². The summed E-state index contributed by atoms with van der Waals surface area (Å²) >= 11 is 0. The van der Waals surface area contributed by atoms with Crippen LogP contribution in [0.4, 0.5) is 30.8 Å². The van der Waals surface area contributed by atoms with Crippen molar-refractivity contribution in [1.29, 1.82) is 0 Å². The first-order valence-electron chi connectivity index (χ1n) is 14.2. The molecule has 2 fully saturated rings. The fourth-order valence-corrected chi connectivity index (χ4v) is 5.45. The van der Waals surface area contributed by atoms with E-state index in [-0.39, 0.29) is 19.1 Å². The van der Waals surface area contributed by atoms with Crippen molar-refractivity contribution in [2.75, 3.05) is 62.7 Å². The van der Waals surface area contributed by atoms with Crippen molar-refractivity contribution in [3.8, 4) is 11.3 Å². The number of H-pyrrole nitrogens is 1. The van der Waals surface area contributed by atoms with Gasteiger partial charge in [-0.1, -0.05) is 6.07 Å². The largest absolute Gasteiger partial charge is 0.397 e. The van der Waals surface area contributed by atoms with Crippen LogP contribution >= 0.6 is 0 Å². The van der Waals surface area contributed by atoms with E-state index in [0.717, 1.165) is 46.8 Å². The van der Waals surface area contributed by atoms with Crippen LogP contribution in [0.3, 0.4) is 0 Å². The third-order valence-corrected chi connectivity index (χ3v) is 7.84. The number of nitrogens with one attached hydrogen (secondary N) is 2. The van der Waals surface area contributed by atoms with Crippen LogP contribution in [-0.4, -0.2) is 99.3 Å². The maximum absolute atomic E-state index is 12.6. The van der Waals surface area contributed by atoms with Crippen LogP contribution in [0.1, 0.15) is 24.9 Å². The number of aromatic amines is 1. The minimum atomic E-state index is -4.49. The summed E-state index contributed by atoms with van der Waals surface area (Å²) in [6, 6.07) is 11.7. The van der Waals surface area contributed by atoms with Gasteiger partial charge in [0.25, 0.3) is 0 Å². The quantitative estimate of drug-likeness (QED) is 0.325. The van der Waals surface area contributed by atoms with Crippen molar-refractivity contribution < 1.29 is 22.7 Å². The molecule has 1 aromatic carbocycles. The maximum Gasteiger partial charge on any atom is 0.397 e. The number of pyridine rings is 1. The highest BCUT2D eigenvalue weighted by Gasteiger charge is 2.35. The molecule has 5 heterocycles. The summed E-state index contributed by atoms with van der Waals surface area (Å²) in [4.78, 5) is 38.9. The van der Waals surface area contributed by atoms with Gasteiger partial charge in [0.15, 0.2) is 0 Å². The molecule has 2 saturated heterocycles. The highest BCUT2D eigenvalue weighted by molar-refractivity contribution is 5.83. The number of aromatic nitrogens is 5. The maximum atomic E-state index is 12.6. The van der Waals surface area contributed by atoms with Gasteiger partial charge in [0.05, 0.1) is 29.9 Å². The van der Waals surface area contributed by atoms with E-state index in [1.807, 2.05) is 43.3 Å². The van der Waals surface area contributed by atoms with Gasteiger partial charge in [0.2, 0.25) is 11.9 Å². The van der Waals surface area contributed by atoms with E-state index in [1.54, 1.807) is 12.5 Å². The first-order valence-corrected chi connectivity index (χ1v) is 14.2. The Morgan fingerprint density at radius 2 is 1.81 bits per heavy atom. The van der Waals surface area contributed by atoms with Gasteiger partial charge < -0.3 is 24.8 Å². The van der Waals surface area contributed by atoms with Crippen molar-refractivity contribution in [1.82, 2.24) is 34.7 Å². The number of amides is 1. The molecule has 3 aromatic heterocycles. The SMILES string of the molecule is CC(c1ccnc(Nc2nc3ccc(-c4cc(N5CCOCC5)ncn4)cc3[nH]2)c1)N1CCN(C(=O)CC(F)(F)F)CC1. The van der Waals surface area contributed by atoms with Crippen LogP contribution in [0.15, 0.2) is 48.9 Å². The second-order valence-corrected chi connectivity index (χ2v) is 10.7. The molecule has 0 bridgehead atoms. The number of alkyl halides is 3. The fourth-order valence-electron chi connectivity index (χ4n) is 5.45. The number of halogens is 3. The lowest BCUT2D eigenvalue weighted by atomic mass is 10.1. The number of rotatable bonds is 7. The molecule has 0 radical (unpaired) electrons. The summed E-state index contributed by atoms with van der Waals surface area (Å²) in [7, 11) is 0. The Morgan fingerprint density at radius 3 is 2.58 bits per heavy atom. The second kappa shape index (κ2) is 12.1. The summed E-state index contributed by atoms with van der Waals surface area (Å²) in [6.07, 6.45) is -2.62. The first-order chi connectivity index (χ1) is 20.7. The summed E-state index contributed by atoms with van der Waals surface area (Å²) in [5, 5.41) is 3.25. The standard InChI is InChI=1S/C29H32F3N9O2/c1-19(39-6-8-41(9-7-39)27(42)17-29(30,31)32)20-4-5-33-25(15-20)38-28-36-22-3-2-21(14-24(22)37-28)23-16-26(35-18-34-23)40-10-12-43-13-11-40/h2-5,14-16,18-19H,6-13,17H2,1H3,(H2,33,36,37,38). The van der Waals surface area contributed by atoms with E-state index < -0.39 is 18.5 Å². The number of ether oxygens (including phenoxy) is 1. The van der Waals surface area contributed by atoms with Crippen molar-refractivity contribution in [3.63, 3.8) is 0 Å². The average molecular weight is 596 g/mol. The number of fused-ring (bicyclic) bond motifs is 1. The number of imidazole rings is 1. The molecule has 4 aromatic rings. The minimum absolute atomic E-state index is 0.0168. The van der Waals surface area contributed by atoms with Crippen molar-refractivity contribution in [2.24, 2.45) is 0 Å². The Hall–Kier alpha value is -4.30. The lowest BCUT2D eigenvalue weighted by Gasteiger charge is -2.38. The lowest BCUT2D eigenvalue weighted by molar-refractivity contribution is -0.162. The van der Waals surface area contributed by atoms with E-state index in [1.165, 1.54) is 4.90 Å². The van der Waals surface area contributed by atoms with Crippen LogP contribution in [0, 0.1) is 0 Å². The van der Waals surface area contributed by atoms with E-state index in [9.17, 15) is 18.0 Å². The number of hydrogen-bond donors (Lipinski definition) is 2. The highest BCUT2D eigenvalue weighted by atomic mass is 19.4. The zero-order valence-electron chi connectivity index (χ0n) is 23.6. The van der Waals surface area contributed by atoms with Gasteiger partial charge >= 0.3 is 6.18 Å². The van der Waals surface area contributed by atoms with Gasteiger partial charge in [-0.3, -0.25) is 9.69 Å². The first kappa shape index (κ1) is 28.8. The molecular formula is C29H32F3N9O2. The second-order valence-electron chi connectivity index (χ2n) is 10.7. The summed E-state index contributed by atoms with van der Waals surface area (Å²) in [5.74, 6) is 1.15. The van der Waals surface area contributed by atoms with Crippen molar-refractivity contribution in [2.45, 2.75) is 25.6 Å². The highest BCUT2D eigenvalue weighted by Crippen LogP contribution is 2.28. The van der Waals surface area contributed by atoms with Gasteiger partial charge in [-0.05, 0) is 36.8 Å². The number of hydrogen-bond acceptors (Lipinski definition) is 9. The van der Waals surface area contributed by atoms with Gasteiger partial charge in [0, 0.05) is 63.1 Å². The smallest absolute Gasteiger partial charge is 0.378 e. The molecule has 14 heteroatoms. The molecule has 2 aliphatic rings. The molecule has 0 spiro atoms. The van der Waals surface area contributed by atoms with E-state index in [0.29, 0.717) is 38.1 Å². The Bertz CT molecular complexity index is 1580. The molecule has 43 heavy (non-hydrogen) atoms. The third kappa shape index (κ3) is 6.86. The number of benzene rings is 1. The van der Waals surface area contributed by atoms with Crippen LogP contribution in [0.2, 0.25) is 0 Å². The molecule has 2 N–H and O–H groups in total. The zero-order valence-corrected chi connectivity index (χ0v) is 23.6. The normalized spacial score (nSPS) is 17.3. The number of carbonyl (C=O) groups is 1. The molecular weight excluding hydrogens is 563 g/mol. The predicted molar refractivity (Wildman–Crippen MR) is 155 cm³/mol. The van der Waals surface area contributed by atoms with Crippen LogP contribution in [-0.2, 0) is 9.53 Å². The molecule has 1 amide bonds. The van der Waals surface area contributed by atoms with Crippen molar-refractivity contribution in [3.05, 3.63) is 54.5 Å². The molecule has 1 atom stereocenters. The minimum Gasteiger partial charge on any atom is -0.378 e. The summed E-state index contributed by atoms with van der Waals surface area (Å²) < 4.78 is 43.3. The predicted octanol–water partition coefficient (Wildman–Crippen LogP) is 4.15. The molecule has 226 valence electrons. The molecule has 0 aliphatic carbocycles. The van der Waals surface area contributed by atoms with Gasteiger partial charge in [-0.15, -0.1) is 0 Å². The summed E-state index contributed by atoms with van der Waals surface area (Å²) in [6.45, 7) is 6.49. The number of morpholine rings is 1. The Labute approximate surface area is 246 Å².